The van der Waals surface area contributed by atoms with E-state index in [-0.39, 0.29) is 16.5 Å². The molecular formula is C14H9N5O3S. The van der Waals surface area contributed by atoms with Gasteiger partial charge in [-0.2, -0.15) is 0 Å². The van der Waals surface area contributed by atoms with Gasteiger partial charge in [0, 0.05) is 11.1 Å². The Bertz CT molecular complexity index is 959. The fraction of sp³-hybridized carbons (Fsp3) is 0. The van der Waals surface area contributed by atoms with E-state index >= 15 is 0 Å². The van der Waals surface area contributed by atoms with Crippen LogP contribution >= 0.6 is 0 Å². The molecule has 2 amide bonds. The normalized spacial score (nSPS) is 13.9. The molecule has 0 unspecified atom stereocenters. The maximum atomic E-state index is 11.9. The van der Waals surface area contributed by atoms with Crippen molar-refractivity contribution in [3.05, 3.63) is 53.0 Å². The smallest absolute Gasteiger partial charge is 0.324 e. The summed E-state index contributed by atoms with van der Waals surface area (Å²) >= 11 is 0. The highest BCUT2D eigenvalue weighted by atomic mass is 32.2. The minimum Gasteiger partial charge on any atom is -0.359 e. The molecule has 1 aliphatic rings. The number of nitrogens with zero attached hydrogens (tertiary/aromatic N) is 3. The maximum Gasteiger partial charge on any atom is 0.324 e. The number of hydrogen-bond acceptors (Lipinski definition) is 5. The number of benzene rings is 1. The molecule has 1 aromatic heterocycles. The molecule has 0 saturated carbocycles. The lowest BCUT2D eigenvalue weighted by atomic mass is 10.2. The van der Waals surface area contributed by atoms with Gasteiger partial charge in [-0.05, 0) is 23.8 Å². The third kappa shape index (κ3) is 3.02. The molecule has 3 rings (SSSR count). The fourth-order valence-electron chi connectivity index (χ4n) is 1.95. The minimum absolute atomic E-state index is 0.118. The predicted molar refractivity (Wildman–Crippen MR) is 83.6 cm³/mol. The SMILES string of the molecule is [C-]#[N+]c1cnc(NC(=O)Nc2ccc3c(c2)S(=O)(=O)C=C3)cn1. The van der Waals surface area contributed by atoms with Crippen molar-refractivity contribution >= 4 is 39.3 Å². The van der Waals surface area contributed by atoms with Gasteiger partial charge in [-0.3, -0.25) is 5.32 Å². The summed E-state index contributed by atoms with van der Waals surface area (Å²) in [4.78, 5) is 22.8. The first-order valence-electron chi connectivity index (χ1n) is 6.33. The number of urea groups is 1. The van der Waals surface area contributed by atoms with E-state index in [0.717, 1.165) is 5.41 Å². The van der Waals surface area contributed by atoms with E-state index in [0.29, 0.717) is 11.3 Å². The third-order valence-corrected chi connectivity index (χ3v) is 4.46. The van der Waals surface area contributed by atoms with Crippen molar-refractivity contribution < 1.29 is 13.2 Å². The molecule has 9 heteroatoms. The lowest BCUT2D eigenvalue weighted by Crippen LogP contribution is -2.20. The molecule has 0 radical (unpaired) electrons. The zero-order valence-electron chi connectivity index (χ0n) is 11.5. The second-order valence-electron chi connectivity index (χ2n) is 4.55. The molecule has 0 saturated heterocycles. The number of hydrogen-bond donors (Lipinski definition) is 2. The third-order valence-electron chi connectivity index (χ3n) is 3.00. The predicted octanol–water partition coefficient (Wildman–Crippen LogP) is 2.43. The number of nitrogens with one attached hydrogen (secondary N) is 2. The Morgan fingerprint density at radius 3 is 2.70 bits per heavy atom. The number of rotatable bonds is 2. The summed E-state index contributed by atoms with van der Waals surface area (Å²) in [5.41, 5.74) is 0.913. The van der Waals surface area contributed by atoms with Gasteiger partial charge in [-0.25, -0.2) is 18.2 Å². The van der Waals surface area contributed by atoms with E-state index < -0.39 is 15.9 Å². The largest absolute Gasteiger partial charge is 0.359 e. The van der Waals surface area contributed by atoms with E-state index in [1.54, 1.807) is 12.1 Å². The highest BCUT2D eigenvalue weighted by Crippen LogP contribution is 2.29. The highest BCUT2D eigenvalue weighted by molar-refractivity contribution is 7.94. The number of amides is 2. The Balaban J connectivity index is 1.73. The molecule has 0 bridgehead atoms. The van der Waals surface area contributed by atoms with Crippen molar-refractivity contribution in [2.75, 3.05) is 10.6 Å². The molecule has 8 nitrogen and oxygen atoms in total. The van der Waals surface area contributed by atoms with Crippen molar-refractivity contribution in [2.24, 2.45) is 0 Å². The molecule has 0 fully saturated rings. The molecule has 0 aliphatic carbocycles. The monoisotopic (exact) mass is 327 g/mol. The summed E-state index contributed by atoms with van der Waals surface area (Å²) in [7, 11) is -3.43. The van der Waals surface area contributed by atoms with Crippen molar-refractivity contribution in [3.8, 4) is 0 Å². The fourth-order valence-corrected chi connectivity index (χ4v) is 3.18. The van der Waals surface area contributed by atoms with Crippen LogP contribution < -0.4 is 10.6 Å². The first kappa shape index (κ1) is 14.7. The lowest BCUT2D eigenvalue weighted by molar-refractivity contribution is 0.262. The van der Waals surface area contributed by atoms with Gasteiger partial charge in [-0.1, -0.05) is 12.6 Å². The molecule has 2 N–H and O–H groups in total. The number of sulfone groups is 1. The van der Waals surface area contributed by atoms with Gasteiger partial charge >= 0.3 is 6.03 Å². The quantitative estimate of drug-likeness (QED) is 0.824. The van der Waals surface area contributed by atoms with E-state index in [1.165, 1.54) is 24.5 Å². The van der Waals surface area contributed by atoms with Gasteiger partial charge < -0.3 is 10.2 Å². The van der Waals surface area contributed by atoms with Crippen molar-refractivity contribution in [1.82, 2.24) is 9.97 Å². The van der Waals surface area contributed by atoms with Gasteiger partial charge in [0.15, 0.2) is 12.0 Å². The van der Waals surface area contributed by atoms with E-state index in [2.05, 4.69) is 25.4 Å². The Labute approximate surface area is 131 Å². The van der Waals surface area contributed by atoms with Crippen molar-refractivity contribution in [3.63, 3.8) is 0 Å². The first-order valence-corrected chi connectivity index (χ1v) is 7.87. The highest BCUT2D eigenvalue weighted by Gasteiger charge is 2.21. The second-order valence-corrected chi connectivity index (χ2v) is 6.35. The molecular weight excluding hydrogens is 318 g/mol. The average molecular weight is 327 g/mol. The Hall–Kier alpha value is -3.25. The summed E-state index contributed by atoms with van der Waals surface area (Å²) in [6.45, 7) is 6.77. The molecule has 1 aromatic carbocycles. The minimum atomic E-state index is -3.43. The zero-order chi connectivity index (χ0) is 16.4. The van der Waals surface area contributed by atoms with Crippen LogP contribution in [0.25, 0.3) is 10.9 Å². The van der Waals surface area contributed by atoms with Gasteiger partial charge in [0.2, 0.25) is 9.84 Å². The Kier molecular flexibility index (Phi) is 3.51. The number of anilines is 2. The van der Waals surface area contributed by atoms with Crippen LogP contribution in [-0.2, 0) is 9.84 Å². The number of carbonyl (C=O) groups excluding carboxylic acids is 1. The summed E-state index contributed by atoms with van der Waals surface area (Å²) in [5, 5.41) is 6.08. The van der Waals surface area contributed by atoms with Gasteiger partial charge in [0.1, 0.15) is 0 Å². The lowest BCUT2D eigenvalue weighted by Gasteiger charge is -2.08. The molecule has 2 aromatic rings. The molecule has 114 valence electrons. The summed E-state index contributed by atoms with van der Waals surface area (Å²) in [5.74, 6) is 0.289. The summed E-state index contributed by atoms with van der Waals surface area (Å²) in [6, 6.07) is 3.99. The number of fused-ring (bicyclic) bond motifs is 1. The van der Waals surface area contributed by atoms with Crippen LogP contribution in [0, 0.1) is 6.57 Å². The number of aromatic nitrogens is 2. The van der Waals surface area contributed by atoms with Crippen LogP contribution in [0.3, 0.4) is 0 Å². The molecule has 23 heavy (non-hydrogen) atoms. The standard InChI is InChI=1S/C14H9N5O3S/c1-15-12-7-17-13(8-16-12)19-14(20)18-10-3-2-9-4-5-23(21,22)11(9)6-10/h2-8H,(H2,17,18,19,20). The molecule has 0 atom stereocenters. The summed E-state index contributed by atoms with van der Waals surface area (Å²) < 4.78 is 23.6. The van der Waals surface area contributed by atoms with Crippen molar-refractivity contribution in [2.45, 2.75) is 4.90 Å². The van der Waals surface area contributed by atoms with Gasteiger partial charge in [-0.15, -0.1) is 4.98 Å². The molecule has 1 aliphatic heterocycles. The second kappa shape index (κ2) is 5.51. The number of carbonyl (C=O) groups is 1. The van der Waals surface area contributed by atoms with Crippen molar-refractivity contribution in [1.29, 1.82) is 0 Å². The van der Waals surface area contributed by atoms with Gasteiger partial charge in [0.25, 0.3) is 5.82 Å². The van der Waals surface area contributed by atoms with E-state index in [1.807, 2.05) is 0 Å². The first-order chi connectivity index (χ1) is 11.0. The van der Waals surface area contributed by atoms with Crippen LogP contribution in [0.4, 0.5) is 22.1 Å². The van der Waals surface area contributed by atoms with E-state index in [9.17, 15) is 13.2 Å². The van der Waals surface area contributed by atoms with Crippen LogP contribution in [0.2, 0.25) is 0 Å². The van der Waals surface area contributed by atoms with Crippen LogP contribution in [-0.4, -0.2) is 24.4 Å². The Morgan fingerprint density at radius 1 is 1.17 bits per heavy atom. The molecule has 0 spiro atoms. The van der Waals surface area contributed by atoms with E-state index in [4.69, 9.17) is 6.57 Å². The van der Waals surface area contributed by atoms with Crippen LogP contribution in [0.15, 0.2) is 40.9 Å². The zero-order valence-corrected chi connectivity index (χ0v) is 12.3. The van der Waals surface area contributed by atoms with Gasteiger partial charge in [0.05, 0.1) is 11.1 Å². The van der Waals surface area contributed by atoms with Crippen LogP contribution in [0.1, 0.15) is 5.56 Å². The van der Waals surface area contributed by atoms with Crippen LogP contribution in [0.5, 0.6) is 0 Å². The molecule has 2 heterocycles. The Morgan fingerprint density at radius 2 is 2.00 bits per heavy atom. The topological polar surface area (TPSA) is 105 Å². The summed E-state index contributed by atoms with van der Waals surface area (Å²) in [6.07, 6.45) is 3.99. The average Bonchev–Trinajstić information content (AvgIpc) is 2.83. The maximum absolute atomic E-state index is 11.9.